The average Bonchev–Trinajstić information content (AvgIpc) is 3.07. The summed E-state index contributed by atoms with van der Waals surface area (Å²) in [4.78, 5) is 0. The summed E-state index contributed by atoms with van der Waals surface area (Å²) < 4.78 is 36.5. The van der Waals surface area contributed by atoms with Gasteiger partial charge in [0.15, 0.2) is 0 Å². The molecule has 0 aromatic heterocycles. The molecule has 5 nitrogen and oxygen atoms in total. The third-order valence-electron chi connectivity index (χ3n) is 12.6. The molecule has 0 bridgehead atoms. The SMILES string of the molecule is Cc1cc(OP(Oc2cc(C)c(C(C)(C)C)cc2C(C)(C)C)OP(Oc2cc(C)c(C(C)(C)C)cc2C(C)(C)C)Oc2cc(C)c(C(C)(C)C)cc2C(C)(C)C)c(C(C)(C)C)cc1C(C)(C)C. The molecule has 0 radical (unpaired) electrons. The lowest BCUT2D eigenvalue weighted by molar-refractivity contribution is 0.332. The standard InChI is InChI=1S/C60H92O5P2/c1-37-29-49(45(57(17,18)19)33-41(37)53(5,6)7)61-66(62-50-30-38(2)42(54(8,9)10)34-46(50)58(20,21)22)65-67(63-51-31-39(3)43(55(11,12)13)35-47(51)59(23,24)25)64-52-32-40(4)44(56(14,15)16)36-48(52)60(26,27)28/h29-36H,1-28H3. The summed E-state index contributed by atoms with van der Waals surface area (Å²) in [6.07, 6.45) is 0. The van der Waals surface area contributed by atoms with E-state index in [9.17, 15) is 0 Å². The monoisotopic (exact) mass is 955 g/mol. The Morgan fingerprint density at radius 2 is 0.388 bits per heavy atom. The number of rotatable bonds is 10. The van der Waals surface area contributed by atoms with Crippen molar-refractivity contribution in [1.29, 1.82) is 0 Å². The number of hydrogen-bond acceptors (Lipinski definition) is 5. The highest BCUT2D eigenvalue weighted by Gasteiger charge is 2.38. The fourth-order valence-corrected chi connectivity index (χ4v) is 11.4. The molecule has 0 N–H and O–H groups in total. The second kappa shape index (κ2) is 19.2. The van der Waals surface area contributed by atoms with Gasteiger partial charge >= 0.3 is 17.2 Å². The smallest absolute Gasteiger partial charge is 0.417 e. The molecule has 0 unspecified atom stereocenters. The molecular weight excluding hydrogens is 863 g/mol. The van der Waals surface area contributed by atoms with Gasteiger partial charge in [0, 0.05) is 22.3 Å². The van der Waals surface area contributed by atoms with Crippen molar-refractivity contribution >= 4 is 17.2 Å². The Hall–Kier alpha value is -3.10. The van der Waals surface area contributed by atoms with Crippen molar-refractivity contribution in [3.63, 3.8) is 0 Å². The molecule has 0 heterocycles. The first-order valence-electron chi connectivity index (χ1n) is 24.5. The van der Waals surface area contributed by atoms with Crippen LogP contribution in [0.3, 0.4) is 0 Å². The molecule has 7 heteroatoms. The van der Waals surface area contributed by atoms with E-state index in [0.717, 1.165) is 67.5 Å². The highest BCUT2D eigenvalue weighted by atomic mass is 31.2. The first kappa shape index (κ1) is 56.5. The molecule has 0 spiro atoms. The van der Waals surface area contributed by atoms with Gasteiger partial charge in [-0.05, 0) is 140 Å². The van der Waals surface area contributed by atoms with Crippen LogP contribution in [-0.2, 0) is 47.6 Å². The van der Waals surface area contributed by atoms with E-state index in [-0.39, 0.29) is 43.3 Å². The van der Waals surface area contributed by atoms with Crippen molar-refractivity contribution in [1.82, 2.24) is 0 Å². The van der Waals surface area contributed by atoms with Crippen molar-refractivity contribution < 1.29 is 22.4 Å². The number of benzene rings is 4. The number of hydrogen-bond donors (Lipinski definition) is 0. The Bertz CT molecular complexity index is 2070. The summed E-state index contributed by atoms with van der Waals surface area (Å²) in [6.45, 7) is 62.8. The lowest BCUT2D eigenvalue weighted by Gasteiger charge is -2.33. The second-order valence-electron chi connectivity index (χ2n) is 27.5. The molecule has 4 rings (SSSR count). The van der Waals surface area contributed by atoms with E-state index in [1.54, 1.807) is 0 Å². The van der Waals surface area contributed by atoms with Gasteiger partial charge in [0.05, 0.1) is 0 Å². The Morgan fingerprint density at radius 1 is 0.239 bits per heavy atom. The van der Waals surface area contributed by atoms with Gasteiger partial charge in [0.25, 0.3) is 0 Å². The van der Waals surface area contributed by atoms with Crippen molar-refractivity contribution in [2.24, 2.45) is 0 Å². The molecule has 4 aromatic carbocycles. The molecule has 0 saturated heterocycles. The minimum absolute atomic E-state index is 0.0683. The van der Waals surface area contributed by atoms with Crippen LogP contribution in [0.2, 0.25) is 0 Å². The molecule has 0 aliphatic carbocycles. The van der Waals surface area contributed by atoms with E-state index < -0.39 is 17.2 Å². The van der Waals surface area contributed by atoms with E-state index in [4.69, 9.17) is 22.4 Å². The lowest BCUT2D eigenvalue weighted by atomic mass is 9.78. The van der Waals surface area contributed by atoms with Crippen LogP contribution in [0.4, 0.5) is 0 Å². The van der Waals surface area contributed by atoms with Gasteiger partial charge in [-0.15, -0.1) is 0 Å². The molecule has 0 aliphatic heterocycles. The fraction of sp³-hybridized carbons (Fsp3) is 0.600. The lowest BCUT2D eigenvalue weighted by Crippen LogP contribution is -2.20. The van der Waals surface area contributed by atoms with Crippen LogP contribution in [-0.4, -0.2) is 0 Å². The summed E-state index contributed by atoms with van der Waals surface area (Å²) in [5, 5.41) is 0. The summed E-state index contributed by atoms with van der Waals surface area (Å²) in [6, 6.07) is 18.0. The molecule has 0 aliphatic rings. The third kappa shape index (κ3) is 14.0. The van der Waals surface area contributed by atoms with Crippen molar-refractivity contribution in [3.8, 4) is 23.0 Å². The topological polar surface area (TPSA) is 46.2 Å². The van der Waals surface area contributed by atoms with Crippen LogP contribution in [0, 0.1) is 27.7 Å². The van der Waals surface area contributed by atoms with Crippen molar-refractivity contribution in [2.75, 3.05) is 0 Å². The van der Waals surface area contributed by atoms with Gasteiger partial charge in [-0.25, -0.2) is 0 Å². The minimum Gasteiger partial charge on any atom is -0.417 e. The normalized spacial score (nSPS) is 13.7. The zero-order valence-corrected chi connectivity index (χ0v) is 49.3. The molecule has 67 heavy (non-hydrogen) atoms. The molecule has 0 atom stereocenters. The van der Waals surface area contributed by atoms with E-state index >= 15 is 0 Å². The van der Waals surface area contributed by atoms with Gasteiger partial charge in [-0.2, -0.15) is 4.31 Å². The predicted molar refractivity (Wildman–Crippen MR) is 292 cm³/mol. The Morgan fingerprint density at radius 3 is 0.522 bits per heavy atom. The minimum atomic E-state index is -2.23. The van der Waals surface area contributed by atoms with Crippen LogP contribution in [0.1, 0.15) is 233 Å². The molecule has 0 saturated carbocycles. The molecule has 0 amide bonds. The quantitative estimate of drug-likeness (QED) is 0.148. The summed E-state index contributed by atoms with van der Waals surface area (Å²) in [5.41, 5.74) is 12.7. The van der Waals surface area contributed by atoms with Crippen LogP contribution in [0.5, 0.6) is 23.0 Å². The van der Waals surface area contributed by atoms with E-state index in [1.807, 2.05) is 0 Å². The van der Waals surface area contributed by atoms with Crippen LogP contribution < -0.4 is 18.1 Å². The zero-order valence-electron chi connectivity index (χ0n) is 47.6. The largest absolute Gasteiger partial charge is 0.471 e. The third-order valence-corrected chi connectivity index (χ3v) is 15.0. The summed E-state index contributed by atoms with van der Waals surface area (Å²) in [5.74, 6) is 2.89. The van der Waals surface area contributed by atoms with Crippen LogP contribution in [0.15, 0.2) is 48.5 Å². The maximum absolute atomic E-state index is 7.33. The van der Waals surface area contributed by atoms with Gasteiger partial charge in [0.1, 0.15) is 23.0 Å². The molecule has 4 aromatic rings. The summed E-state index contributed by atoms with van der Waals surface area (Å²) in [7, 11) is -4.47. The highest BCUT2D eigenvalue weighted by molar-refractivity contribution is 7.56. The predicted octanol–water partition coefficient (Wildman–Crippen LogP) is 19.4. The van der Waals surface area contributed by atoms with E-state index in [2.05, 4.69) is 242 Å². The maximum atomic E-state index is 7.33. The Balaban J connectivity index is 2.12. The first-order chi connectivity index (χ1) is 29.9. The zero-order chi connectivity index (χ0) is 51.6. The van der Waals surface area contributed by atoms with Gasteiger partial charge in [0.2, 0.25) is 0 Å². The van der Waals surface area contributed by atoms with E-state index in [1.165, 1.54) is 22.3 Å². The Labute approximate surface area is 413 Å². The van der Waals surface area contributed by atoms with Gasteiger partial charge < -0.3 is 18.1 Å². The molecule has 0 fully saturated rings. The first-order valence-corrected chi connectivity index (χ1v) is 26.7. The average molecular weight is 955 g/mol. The van der Waals surface area contributed by atoms with E-state index in [0.29, 0.717) is 0 Å². The summed E-state index contributed by atoms with van der Waals surface area (Å²) >= 11 is 0. The molecule has 372 valence electrons. The second-order valence-corrected chi connectivity index (χ2v) is 29.8. The van der Waals surface area contributed by atoms with Crippen molar-refractivity contribution in [2.45, 2.75) is 237 Å². The van der Waals surface area contributed by atoms with Gasteiger partial charge in [-0.3, -0.25) is 0 Å². The number of aryl methyl sites for hydroxylation is 4. The van der Waals surface area contributed by atoms with Gasteiger partial charge in [-0.1, -0.05) is 190 Å². The van der Waals surface area contributed by atoms with Crippen LogP contribution in [0.25, 0.3) is 0 Å². The van der Waals surface area contributed by atoms with Crippen molar-refractivity contribution in [3.05, 3.63) is 115 Å². The Kier molecular flexibility index (Phi) is 16.2. The van der Waals surface area contributed by atoms with Crippen LogP contribution >= 0.6 is 17.2 Å². The maximum Gasteiger partial charge on any atom is 0.471 e. The highest BCUT2D eigenvalue weighted by Crippen LogP contribution is 2.59. The molecular formula is C60H92O5P2. The fourth-order valence-electron chi connectivity index (χ4n) is 9.08.